The molecule has 0 fully saturated rings. The number of amides is 1. The van der Waals surface area contributed by atoms with Gasteiger partial charge in [0, 0.05) is 23.6 Å². The Hall–Kier alpha value is -4.20. The molecule has 0 spiro atoms. The molecule has 1 aliphatic heterocycles. The first-order valence-electron chi connectivity index (χ1n) is 10.2. The summed E-state index contributed by atoms with van der Waals surface area (Å²) < 4.78 is 17.2. The number of carbonyl (C=O) groups is 1. The normalized spacial score (nSPS) is 17.0. The Morgan fingerprint density at radius 1 is 1.00 bits per heavy atom. The van der Waals surface area contributed by atoms with E-state index < -0.39 is 12.2 Å². The first-order chi connectivity index (χ1) is 15.7. The molecule has 4 aromatic rings. The van der Waals surface area contributed by atoms with Crippen LogP contribution in [0.3, 0.4) is 0 Å². The summed E-state index contributed by atoms with van der Waals surface area (Å²) in [6.07, 6.45) is 2.51. The SMILES string of the molecule is CC1Oc2ccccc2OC1C(=O)Nc1ccccc1Cc1nc(-c2cccnc2)no1. The molecule has 8 nitrogen and oxygen atoms in total. The largest absolute Gasteiger partial charge is 0.482 e. The lowest BCUT2D eigenvalue weighted by molar-refractivity contribution is -0.128. The van der Waals surface area contributed by atoms with Crippen molar-refractivity contribution in [2.75, 3.05) is 5.32 Å². The van der Waals surface area contributed by atoms with E-state index in [2.05, 4.69) is 20.4 Å². The minimum atomic E-state index is -0.779. The predicted octanol–water partition coefficient (Wildman–Crippen LogP) is 3.89. The number of fused-ring (bicyclic) bond motifs is 1. The molecule has 5 rings (SSSR count). The van der Waals surface area contributed by atoms with E-state index in [9.17, 15) is 4.79 Å². The lowest BCUT2D eigenvalue weighted by atomic mass is 10.1. The maximum Gasteiger partial charge on any atom is 0.269 e. The van der Waals surface area contributed by atoms with Gasteiger partial charge in [0.15, 0.2) is 11.5 Å². The van der Waals surface area contributed by atoms with E-state index in [4.69, 9.17) is 14.0 Å². The number of nitrogens with one attached hydrogen (secondary N) is 1. The summed E-state index contributed by atoms with van der Waals surface area (Å²) in [5.41, 5.74) is 2.26. The highest BCUT2D eigenvalue weighted by molar-refractivity contribution is 5.95. The number of hydrogen-bond donors (Lipinski definition) is 1. The molecule has 0 saturated carbocycles. The number of benzene rings is 2. The topological polar surface area (TPSA) is 99.4 Å². The fourth-order valence-electron chi connectivity index (χ4n) is 3.51. The molecule has 2 aromatic heterocycles. The van der Waals surface area contributed by atoms with Gasteiger partial charge < -0.3 is 19.3 Å². The lowest BCUT2D eigenvalue weighted by Crippen LogP contribution is -2.46. The van der Waals surface area contributed by atoms with Crippen LogP contribution in [0, 0.1) is 0 Å². The van der Waals surface area contributed by atoms with Gasteiger partial charge in [-0.15, -0.1) is 0 Å². The number of hydrogen-bond acceptors (Lipinski definition) is 7. The summed E-state index contributed by atoms with van der Waals surface area (Å²) >= 11 is 0. The zero-order chi connectivity index (χ0) is 21.9. The molecule has 32 heavy (non-hydrogen) atoms. The van der Waals surface area contributed by atoms with Crippen LogP contribution in [0.15, 0.2) is 77.6 Å². The summed E-state index contributed by atoms with van der Waals surface area (Å²) in [6.45, 7) is 1.81. The zero-order valence-electron chi connectivity index (χ0n) is 17.3. The third-order valence-corrected chi connectivity index (χ3v) is 5.11. The first-order valence-corrected chi connectivity index (χ1v) is 10.2. The Bertz CT molecular complexity index is 1240. The molecule has 8 heteroatoms. The van der Waals surface area contributed by atoms with Gasteiger partial charge in [-0.1, -0.05) is 35.5 Å². The van der Waals surface area contributed by atoms with Crippen molar-refractivity contribution in [3.05, 3.63) is 84.5 Å². The Labute approximate surface area is 184 Å². The minimum absolute atomic E-state index is 0.291. The highest BCUT2D eigenvalue weighted by atomic mass is 16.6. The molecular formula is C24H20N4O4. The molecule has 0 bridgehead atoms. The third-order valence-electron chi connectivity index (χ3n) is 5.11. The van der Waals surface area contributed by atoms with Crippen LogP contribution in [0.2, 0.25) is 0 Å². The zero-order valence-corrected chi connectivity index (χ0v) is 17.3. The van der Waals surface area contributed by atoms with Gasteiger partial charge in [-0.05, 0) is 42.8 Å². The summed E-state index contributed by atoms with van der Waals surface area (Å²) in [6, 6.07) is 18.5. The maximum atomic E-state index is 13.0. The number of nitrogens with zero attached hydrogens (tertiary/aromatic N) is 3. The van der Waals surface area contributed by atoms with E-state index in [-0.39, 0.29) is 5.91 Å². The summed E-state index contributed by atoms with van der Waals surface area (Å²) in [7, 11) is 0. The van der Waals surface area contributed by atoms with Gasteiger partial charge in [-0.25, -0.2) is 0 Å². The van der Waals surface area contributed by atoms with Crippen molar-refractivity contribution in [3.63, 3.8) is 0 Å². The van der Waals surface area contributed by atoms with Gasteiger partial charge in [0.25, 0.3) is 5.91 Å². The number of aromatic nitrogens is 3. The van der Waals surface area contributed by atoms with Crippen molar-refractivity contribution in [2.45, 2.75) is 25.6 Å². The monoisotopic (exact) mass is 428 g/mol. The molecule has 0 saturated heterocycles. The van der Waals surface area contributed by atoms with Gasteiger partial charge in [0.1, 0.15) is 6.10 Å². The molecule has 0 aliphatic carbocycles. The highest BCUT2D eigenvalue weighted by Gasteiger charge is 2.34. The van der Waals surface area contributed by atoms with Crippen molar-refractivity contribution in [1.82, 2.24) is 15.1 Å². The third kappa shape index (κ3) is 4.02. The van der Waals surface area contributed by atoms with Crippen LogP contribution in [0.4, 0.5) is 5.69 Å². The molecule has 1 N–H and O–H groups in total. The summed E-state index contributed by atoms with van der Waals surface area (Å²) in [5.74, 6) is 1.79. The maximum absolute atomic E-state index is 13.0. The molecule has 2 atom stereocenters. The number of ether oxygens (including phenoxy) is 2. The Balaban J connectivity index is 1.32. The number of anilines is 1. The van der Waals surface area contributed by atoms with Crippen molar-refractivity contribution in [2.24, 2.45) is 0 Å². The van der Waals surface area contributed by atoms with Crippen LogP contribution in [-0.4, -0.2) is 33.2 Å². The molecule has 0 radical (unpaired) electrons. The van der Waals surface area contributed by atoms with Crippen LogP contribution >= 0.6 is 0 Å². The summed E-state index contributed by atoms with van der Waals surface area (Å²) in [5, 5.41) is 6.98. The molecule has 160 valence electrons. The van der Waals surface area contributed by atoms with E-state index in [1.54, 1.807) is 18.5 Å². The molecule has 1 aliphatic rings. The molecular weight excluding hydrogens is 408 g/mol. The van der Waals surface area contributed by atoms with Gasteiger partial charge in [0.2, 0.25) is 17.8 Å². The van der Waals surface area contributed by atoms with Gasteiger partial charge in [-0.3, -0.25) is 9.78 Å². The number of rotatable bonds is 5. The second-order valence-electron chi connectivity index (χ2n) is 7.38. The van der Waals surface area contributed by atoms with Crippen molar-refractivity contribution in [3.8, 4) is 22.9 Å². The quantitative estimate of drug-likeness (QED) is 0.515. The number of pyridine rings is 1. The smallest absolute Gasteiger partial charge is 0.269 e. The van der Waals surface area contributed by atoms with E-state index in [0.29, 0.717) is 35.3 Å². The Morgan fingerprint density at radius 2 is 1.78 bits per heavy atom. The van der Waals surface area contributed by atoms with E-state index in [1.807, 2.05) is 61.5 Å². The first kappa shape index (κ1) is 19.7. The molecule has 1 amide bonds. The highest BCUT2D eigenvalue weighted by Crippen LogP contribution is 2.34. The van der Waals surface area contributed by atoms with Crippen molar-refractivity contribution in [1.29, 1.82) is 0 Å². The molecule has 3 heterocycles. The molecule has 2 aromatic carbocycles. The Morgan fingerprint density at radius 3 is 2.59 bits per heavy atom. The standard InChI is InChI=1S/C24H20N4O4/c1-15-22(31-20-11-5-4-10-19(20)30-15)24(29)26-18-9-3-2-7-16(18)13-21-27-23(28-32-21)17-8-6-12-25-14-17/h2-12,14-15,22H,13H2,1H3,(H,26,29). The van der Waals surface area contributed by atoms with Crippen LogP contribution in [0.1, 0.15) is 18.4 Å². The van der Waals surface area contributed by atoms with E-state index in [1.165, 1.54) is 0 Å². The van der Waals surface area contributed by atoms with Crippen LogP contribution in [0.25, 0.3) is 11.4 Å². The van der Waals surface area contributed by atoms with Crippen LogP contribution in [-0.2, 0) is 11.2 Å². The average molecular weight is 428 g/mol. The fraction of sp³-hybridized carbons (Fsp3) is 0.167. The average Bonchev–Trinajstić information content (AvgIpc) is 3.29. The van der Waals surface area contributed by atoms with Gasteiger partial charge in [0.05, 0.1) is 6.42 Å². The van der Waals surface area contributed by atoms with Crippen molar-refractivity contribution < 1.29 is 18.8 Å². The van der Waals surface area contributed by atoms with Crippen LogP contribution in [0.5, 0.6) is 11.5 Å². The number of carbonyl (C=O) groups excluding carboxylic acids is 1. The fourth-order valence-corrected chi connectivity index (χ4v) is 3.51. The van der Waals surface area contributed by atoms with E-state index >= 15 is 0 Å². The second kappa shape index (κ2) is 8.50. The molecule has 2 unspecified atom stereocenters. The summed E-state index contributed by atoms with van der Waals surface area (Å²) in [4.78, 5) is 21.5. The van der Waals surface area contributed by atoms with E-state index in [0.717, 1.165) is 11.1 Å². The van der Waals surface area contributed by atoms with Gasteiger partial charge in [-0.2, -0.15) is 4.98 Å². The van der Waals surface area contributed by atoms with Crippen molar-refractivity contribution >= 4 is 11.6 Å². The second-order valence-corrected chi connectivity index (χ2v) is 7.38. The predicted molar refractivity (Wildman–Crippen MR) is 116 cm³/mol. The minimum Gasteiger partial charge on any atom is -0.482 e. The number of para-hydroxylation sites is 3. The van der Waals surface area contributed by atoms with Gasteiger partial charge >= 0.3 is 0 Å². The Kier molecular flexibility index (Phi) is 5.25. The van der Waals surface area contributed by atoms with Crippen LogP contribution < -0.4 is 14.8 Å². The lowest BCUT2D eigenvalue weighted by Gasteiger charge is -2.31.